The van der Waals surface area contributed by atoms with Crippen LogP contribution in [0.3, 0.4) is 0 Å². The number of nitrogens with zero attached hydrogens (tertiary/aromatic N) is 3. The van der Waals surface area contributed by atoms with Gasteiger partial charge in [-0.1, -0.05) is 30.3 Å². The molecule has 0 aromatic heterocycles. The molecule has 2 amide bonds. The summed E-state index contributed by atoms with van der Waals surface area (Å²) in [7, 11) is 5.62. The monoisotopic (exact) mass is 389 g/mol. The Morgan fingerprint density at radius 3 is 2.25 bits per heavy atom. The second kappa shape index (κ2) is 9.41. The molecule has 6 heteroatoms. The summed E-state index contributed by atoms with van der Waals surface area (Å²) in [6, 6.07) is 9.42. The Morgan fingerprint density at radius 1 is 1.14 bits per heavy atom. The summed E-state index contributed by atoms with van der Waals surface area (Å²) in [4.78, 5) is 31.6. The van der Waals surface area contributed by atoms with Crippen molar-refractivity contribution < 1.29 is 14.3 Å². The molecule has 1 aliphatic rings. The average molecular weight is 390 g/mol. The zero-order valence-corrected chi connectivity index (χ0v) is 18.1. The summed E-state index contributed by atoms with van der Waals surface area (Å²) < 4.78 is 5.52. The van der Waals surface area contributed by atoms with Crippen molar-refractivity contribution >= 4 is 12.0 Å². The van der Waals surface area contributed by atoms with Gasteiger partial charge in [0.2, 0.25) is 5.91 Å². The van der Waals surface area contributed by atoms with Gasteiger partial charge in [-0.15, -0.1) is 0 Å². The van der Waals surface area contributed by atoms with Gasteiger partial charge < -0.3 is 14.5 Å². The second-order valence-electron chi connectivity index (χ2n) is 8.78. The molecule has 1 aliphatic heterocycles. The number of carbonyl (C=O) groups is 2. The molecule has 0 unspecified atom stereocenters. The van der Waals surface area contributed by atoms with Gasteiger partial charge in [-0.25, -0.2) is 4.79 Å². The van der Waals surface area contributed by atoms with E-state index >= 15 is 0 Å². The van der Waals surface area contributed by atoms with E-state index in [1.807, 2.05) is 63.1 Å². The van der Waals surface area contributed by atoms with Gasteiger partial charge in [0.25, 0.3) is 0 Å². The largest absolute Gasteiger partial charge is 0.444 e. The number of carbonyl (C=O) groups excluding carboxylic acids is 2. The number of benzene rings is 1. The van der Waals surface area contributed by atoms with E-state index < -0.39 is 17.7 Å². The molecule has 0 bridgehead atoms. The van der Waals surface area contributed by atoms with Crippen molar-refractivity contribution in [2.45, 2.75) is 57.7 Å². The van der Waals surface area contributed by atoms with Crippen LogP contribution in [-0.2, 0) is 16.0 Å². The minimum atomic E-state index is -0.606. The van der Waals surface area contributed by atoms with Crippen molar-refractivity contribution in [3.05, 3.63) is 35.9 Å². The summed E-state index contributed by atoms with van der Waals surface area (Å²) in [5.74, 6) is -0.0354. The standard InChI is InChI=1S/C22H35N3O3/c1-22(2,3)28-21(27)25(6)19(16-17-10-8-7-9-11-17)20(26)24(5)18-12-14-23(4)15-13-18/h7-11,18-19H,12-16H2,1-6H3/t19-/m1/s1. The molecule has 0 aliphatic carbocycles. The number of piperidine rings is 1. The van der Waals surface area contributed by atoms with Crippen LogP contribution in [0.4, 0.5) is 4.79 Å². The van der Waals surface area contributed by atoms with E-state index in [0.717, 1.165) is 31.5 Å². The molecule has 0 spiro atoms. The van der Waals surface area contributed by atoms with Crippen LogP contribution in [0.15, 0.2) is 30.3 Å². The van der Waals surface area contributed by atoms with E-state index in [4.69, 9.17) is 4.74 Å². The molecule has 1 fully saturated rings. The lowest BCUT2D eigenvalue weighted by molar-refractivity contribution is -0.138. The van der Waals surface area contributed by atoms with E-state index in [-0.39, 0.29) is 11.9 Å². The van der Waals surface area contributed by atoms with Crippen LogP contribution in [0, 0.1) is 0 Å². The van der Waals surface area contributed by atoms with Gasteiger partial charge in [-0.2, -0.15) is 0 Å². The average Bonchev–Trinajstić information content (AvgIpc) is 2.64. The molecule has 1 aromatic rings. The maximum Gasteiger partial charge on any atom is 0.410 e. The molecule has 0 radical (unpaired) electrons. The Kier molecular flexibility index (Phi) is 7.47. The van der Waals surface area contributed by atoms with E-state index in [9.17, 15) is 9.59 Å². The highest BCUT2D eigenvalue weighted by Crippen LogP contribution is 2.19. The predicted molar refractivity (Wildman–Crippen MR) is 111 cm³/mol. The Labute approximate surface area is 169 Å². The summed E-state index contributed by atoms with van der Waals surface area (Å²) in [6.45, 7) is 7.45. The van der Waals surface area contributed by atoms with E-state index in [1.54, 1.807) is 7.05 Å². The van der Waals surface area contributed by atoms with Gasteiger partial charge in [0.05, 0.1) is 0 Å². The van der Waals surface area contributed by atoms with Gasteiger partial charge >= 0.3 is 6.09 Å². The van der Waals surface area contributed by atoms with Crippen molar-refractivity contribution in [3.8, 4) is 0 Å². The summed E-state index contributed by atoms with van der Waals surface area (Å²) in [5, 5.41) is 0. The molecule has 1 heterocycles. The molecule has 1 aromatic carbocycles. The topological polar surface area (TPSA) is 53.1 Å². The zero-order valence-electron chi connectivity index (χ0n) is 18.1. The highest BCUT2D eigenvalue weighted by atomic mass is 16.6. The van der Waals surface area contributed by atoms with E-state index in [2.05, 4.69) is 11.9 Å². The predicted octanol–water partition coefficient (Wildman–Crippen LogP) is 3.02. The Morgan fingerprint density at radius 2 is 1.71 bits per heavy atom. The lowest BCUT2D eigenvalue weighted by Crippen LogP contribution is -2.54. The van der Waals surface area contributed by atoms with Crippen molar-refractivity contribution in [1.29, 1.82) is 0 Å². The minimum absolute atomic E-state index is 0.0354. The first kappa shape index (κ1) is 22.2. The lowest BCUT2D eigenvalue weighted by Gasteiger charge is -2.38. The van der Waals surface area contributed by atoms with Crippen LogP contribution in [0.5, 0.6) is 0 Å². The summed E-state index contributed by atoms with van der Waals surface area (Å²) >= 11 is 0. The number of ether oxygens (including phenoxy) is 1. The third kappa shape index (κ3) is 6.23. The van der Waals surface area contributed by atoms with Gasteiger partial charge in [0.1, 0.15) is 11.6 Å². The van der Waals surface area contributed by atoms with Crippen LogP contribution in [-0.4, -0.2) is 78.6 Å². The van der Waals surface area contributed by atoms with Gasteiger partial charge in [0.15, 0.2) is 0 Å². The normalized spacial score (nSPS) is 17.1. The van der Waals surface area contributed by atoms with Crippen LogP contribution >= 0.6 is 0 Å². The number of hydrogen-bond donors (Lipinski definition) is 0. The molecule has 0 N–H and O–H groups in total. The smallest absolute Gasteiger partial charge is 0.410 e. The fourth-order valence-corrected chi connectivity index (χ4v) is 3.49. The third-order valence-corrected chi connectivity index (χ3v) is 5.29. The van der Waals surface area contributed by atoms with Gasteiger partial charge in [0, 0.05) is 26.6 Å². The summed E-state index contributed by atoms with van der Waals surface area (Å²) in [6.07, 6.45) is 1.89. The fraction of sp³-hybridized carbons (Fsp3) is 0.636. The molecule has 1 saturated heterocycles. The van der Waals surface area contributed by atoms with Crippen LogP contribution < -0.4 is 0 Å². The van der Waals surface area contributed by atoms with Crippen molar-refractivity contribution in [2.75, 3.05) is 34.2 Å². The SMILES string of the molecule is CN1CCC(N(C)C(=O)[C@@H](Cc2ccccc2)N(C)C(=O)OC(C)(C)C)CC1. The number of hydrogen-bond acceptors (Lipinski definition) is 4. The van der Waals surface area contributed by atoms with Crippen LogP contribution in [0.1, 0.15) is 39.2 Å². The first-order valence-corrected chi connectivity index (χ1v) is 10.0. The molecule has 1 atom stereocenters. The zero-order chi connectivity index (χ0) is 20.9. The Balaban J connectivity index is 2.18. The first-order chi connectivity index (χ1) is 13.1. The van der Waals surface area contributed by atoms with Crippen LogP contribution in [0.2, 0.25) is 0 Å². The summed E-state index contributed by atoms with van der Waals surface area (Å²) in [5.41, 5.74) is 0.416. The molecule has 156 valence electrons. The maximum absolute atomic E-state index is 13.4. The fourth-order valence-electron chi connectivity index (χ4n) is 3.49. The molecular weight excluding hydrogens is 354 g/mol. The molecular formula is C22H35N3O3. The Hall–Kier alpha value is -2.08. The van der Waals surface area contributed by atoms with Crippen LogP contribution in [0.25, 0.3) is 0 Å². The van der Waals surface area contributed by atoms with Crippen molar-refractivity contribution in [1.82, 2.24) is 14.7 Å². The quantitative estimate of drug-likeness (QED) is 0.777. The number of amides is 2. The Bertz CT molecular complexity index is 649. The van der Waals surface area contributed by atoms with Crippen molar-refractivity contribution in [3.63, 3.8) is 0 Å². The molecule has 28 heavy (non-hydrogen) atoms. The first-order valence-electron chi connectivity index (χ1n) is 10.0. The molecule has 6 nitrogen and oxygen atoms in total. The minimum Gasteiger partial charge on any atom is -0.444 e. The second-order valence-corrected chi connectivity index (χ2v) is 8.78. The highest BCUT2D eigenvalue weighted by molar-refractivity contribution is 5.86. The van der Waals surface area contributed by atoms with E-state index in [0.29, 0.717) is 6.42 Å². The van der Waals surface area contributed by atoms with Gasteiger partial charge in [-0.05, 0) is 59.3 Å². The third-order valence-electron chi connectivity index (χ3n) is 5.29. The molecule has 0 saturated carbocycles. The highest BCUT2D eigenvalue weighted by Gasteiger charge is 2.35. The number of rotatable bonds is 5. The molecule has 2 rings (SSSR count). The van der Waals surface area contributed by atoms with Gasteiger partial charge in [-0.3, -0.25) is 9.69 Å². The van der Waals surface area contributed by atoms with Crippen molar-refractivity contribution in [2.24, 2.45) is 0 Å². The number of likely N-dealkylation sites (N-methyl/N-ethyl adjacent to an activating group) is 2. The number of likely N-dealkylation sites (tertiary alicyclic amines) is 1. The van der Waals surface area contributed by atoms with E-state index in [1.165, 1.54) is 4.90 Å². The lowest BCUT2D eigenvalue weighted by atomic mass is 10.00. The maximum atomic E-state index is 13.4.